The molecule has 0 bridgehead atoms. The largest absolute Gasteiger partial charge is 0.871 e. The summed E-state index contributed by atoms with van der Waals surface area (Å²) < 4.78 is 116. The molecule has 0 radical (unpaired) electrons. The fourth-order valence-corrected chi connectivity index (χ4v) is 5.87. The van der Waals surface area contributed by atoms with Gasteiger partial charge in [-0.05, 0) is 19.9 Å². The molecule has 2 aliphatic heterocycles. The van der Waals surface area contributed by atoms with Crippen LogP contribution in [0.5, 0.6) is 0 Å². The second-order valence-electron chi connectivity index (χ2n) is 10.9. The van der Waals surface area contributed by atoms with Gasteiger partial charge in [-0.1, -0.05) is 19.6 Å². The summed E-state index contributed by atoms with van der Waals surface area (Å²) in [5.74, 6) is -16.2. The van der Waals surface area contributed by atoms with E-state index >= 15 is 0 Å². The van der Waals surface area contributed by atoms with Gasteiger partial charge in [-0.25, -0.2) is 30.7 Å². The van der Waals surface area contributed by atoms with Crippen molar-refractivity contribution in [1.82, 2.24) is 0 Å². The van der Waals surface area contributed by atoms with Gasteiger partial charge in [0.1, 0.15) is 7.05 Å². The fourth-order valence-electron chi connectivity index (χ4n) is 5.87. The number of fused-ring (bicyclic) bond motifs is 2. The van der Waals surface area contributed by atoms with Gasteiger partial charge in [0.05, 0.1) is 16.7 Å². The van der Waals surface area contributed by atoms with Crippen LogP contribution in [0.4, 0.5) is 46.5 Å². The first-order chi connectivity index (χ1) is 18.4. The van der Waals surface area contributed by atoms with Gasteiger partial charge in [0.15, 0.2) is 46.4 Å². The highest BCUT2D eigenvalue weighted by Gasteiger charge is 2.51. The highest BCUT2D eigenvalue weighted by atomic mass is 19.2. The zero-order chi connectivity index (χ0) is 30.0. The topological polar surface area (TPSA) is 46.4 Å². The second kappa shape index (κ2) is 8.28. The molecule has 0 saturated heterocycles. The zero-order valence-electron chi connectivity index (χ0n) is 21.9. The molecule has 0 fully saturated rings. The Bertz CT molecular complexity index is 1730. The molecule has 0 unspecified atom stereocenters. The van der Waals surface area contributed by atoms with Crippen LogP contribution in [0.3, 0.4) is 0 Å². The van der Waals surface area contributed by atoms with E-state index in [9.17, 15) is 45.0 Å². The van der Waals surface area contributed by atoms with Crippen molar-refractivity contribution in [3.63, 3.8) is 0 Å². The van der Waals surface area contributed by atoms with E-state index in [1.165, 1.54) is 41.8 Å². The van der Waals surface area contributed by atoms with Crippen LogP contribution in [0, 0.1) is 46.5 Å². The van der Waals surface area contributed by atoms with E-state index in [2.05, 4.69) is 0 Å². The van der Waals surface area contributed by atoms with Crippen LogP contribution < -0.4 is 10.0 Å². The number of carbonyl (C=O) groups excluding carboxylic acids is 1. The zero-order valence-corrected chi connectivity index (χ0v) is 21.9. The second-order valence-corrected chi connectivity index (χ2v) is 10.9. The number of ketones is 1. The summed E-state index contributed by atoms with van der Waals surface area (Å²) in [6.07, 6.45) is 2.12. The van der Waals surface area contributed by atoms with Crippen molar-refractivity contribution in [1.29, 1.82) is 0 Å². The summed E-state index contributed by atoms with van der Waals surface area (Å²) >= 11 is 0. The molecule has 210 valence electrons. The lowest BCUT2D eigenvalue weighted by atomic mass is 9.77. The van der Waals surface area contributed by atoms with Crippen molar-refractivity contribution in [2.24, 2.45) is 0 Å². The van der Waals surface area contributed by atoms with Crippen LogP contribution in [-0.4, -0.2) is 30.2 Å². The van der Waals surface area contributed by atoms with E-state index in [0.29, 0.717) is 0 Å². The average Bonchev–Trinajstić information content (AvgIpc) is 3.21. The summed E-state index contributed by atoms with van der Waals surface area (Å²) in [5.41, 5.74) is -6.01. The lowest BCUT2D eigenvalue weighted by Gasteiger charge is -2.32. The van der Waals surface area contributed by atoms with Crippen molar-refractivity contribution in [3.8, 4) is 0 Å². The molecule has 2 aromatic rings. The minimum Gasteiger partial charge on any atom is -0.871 e. The van der Waals surface area contributed by atoms with Crippen molar-refractivity contribution in [3.05, 3.63) is 92.4 Å². The third-order valence-electron chi connectivity index (χ3n) is 7.95. The minimum atomic E-state index is -2.01. The van der Waals surface area contributed by atoms with Crippen molar-refractivity contribution < 1.29 is 49.6 Å². The Balaban J connectivity index is 1.62. The normalized spacial score (nSPS) is 21.1. The van der Waals surface area contributed by atoms with Gasteiger partial charge in [-0.15, -0.1) is 0 Å². The Hall–Kier alpha value is -3.96. The van der Waals surface area contributed by atoms with Crippen molar-refractivity contribution in [2.45, 2.75) is 38.5 Å². The predicted molar refractivity (Wildman–Crippen MR) is 126 cm³/mol. The van der Waals surface area contributed by atoms with Crippen LogP contribution >= 0.6 is 0 Å². The third-order valence-corrected chi connectivity index (χ3v) is 7.95. The highest BCUT2D eigenvalue weighted by Crippen LogP contribution is 2.51. The quantitative estimate of drug-likeness (QED) is 0.164. The van der Waals surface area contributed by atoms with Crippen LogP contribution in [0.1, 0.15) is 38.8 Å². The number of anilines is 1. The van der Waals surface area contributed by atoms with E-state index in [0.717, 1.165) is 21.6 Å². The number of rotatable bonds is 2. The van der Waals surface area contributed by atoms with Crippen molar-refractivity contribution >= 4 is 22.9 Å². The molecule has 5 rings (SSSR count). The number of nitrogens with zero attached hydrogens (tertiary/aromatic N) is 2. The monoisotopic (exact) mass is 568 g/mol. The molecule has 0 amide bonds. The molecule has 12 heteroatoms. The molecular formula is C28H20F8N2O2. The lowest BCUT2D eigenvalue weighted by Crippen LogP contribution is -2.34. The van der Waals surface area contributed by atoms with E-state index in [1.807, 2.05) is 0 Å². The van der Waals surface area contributed by atoms with E-state index in [1.54, 1.807) is 0 Å². The first kappa shape index (κ1) is 27.6. The Kier molecular flexibility index (Phi) is 5.71. The maximum Gasteiger partial charge on any atom is 0.251 e. The summed E-state index contributed by atoms with van der Waals surface area (Å²) in [7, 11) is 2.46. The maximum absolute atomic E-state index is 14.7. The predicted octanol–water partition coefficient (Wildman–Crippen LogP) is 5.24. The first-order valence-electron chi connectivity index (χ1n) is 11.9. The van der Waals surface area contributed by atoms with Gasteiger partial charge < -0.3 is 10.0 Å². The standard InChI is InChI=1S/C28H20F8N2O2/c1-27(2)11(37(5)23-13(27)15(29)17(31)19(33)21(23)35)7-9-25(39)10(26(9)40)8-12-28(3,4)14-16(30)18(32)20(34)22(36)24(14)38(12)6/h7-8H,1-6H3. The van der Waals surface area contributed by atoms with Gasteiger partial charge >= 0.3 is 0 Å². The van der Waals surface area contributed by atoms with Gasteiger partial charge in [0.25, 0.3) is 5.69 Å². The summed E-state index contributed by atoms with van der Waals surface area (Å²) in [5, 5.41) is 13.1. The molecule has 0 N–H and O–H groups in total. The van der Waals surface area contributed by atoms with E-state index in [-0.39, 0.29) is 11.4 Å². The Morgan fingerprint density at radius 1 is 0.725 bits per heavy atom. The van der Waals surface area contributed by atoms with Crippen LogP contribution in [0.25, 0.3) is 0 Å². The molecule has 0 aromatic heterocycles. The Morgan fingerprint density at radius 3 is 1.77 bits per heavy atom. The summed E-state index contributed by atoms with van der Waals surface area (Å²) in [6, 6.07) is 0. The summed E-state index contributed by atoms with van der Waals surface area (Å²) in [4.78, 5) is 14.1. The number of benzene rings is 2. The molecule has 0 atom stereocenters. The van der Waals surface area contributed by atoms with E-state index in [4.69, 9.17) is 0 Å². The maximum atomic E-state index is 14.7. The number of halogens is 8. The lowest BCUT2D eigenvalue weighted by molar-refractivity contribution is -0.404. The van der Waals surface area contributed by atoms with Gasteiger partial charge in [0, 0.05) is 40.9 Å². The van der Waals surface area contributed by atoms with Gasteiger partial charge in [-0.2, -0.15) is 8.97 Å². The SMILES string of the molecule is CN1/C(=C/C2=C([O-])C(=C\C3=[N+](C)c4c(F)c(F)c(F)c(F)c4C3(C)C)/C2=O)C(C)(C)c2c(F)c(F)c(F)c(F)c21. The number of likely N-dealkylation sites (N-methyl/N-ethyl adjacent to an activating group) is 1. The number of allylic oxidation sites excluding steroid dienone is 5. The smallest absolute Gasteiger partial charge is 0.251 e. The van der Waals surface area contributed by atoms with Crippen LogP contribution in [-0.2, 0) is 15.6 Å². The molecule has 0 saturated carbocycles. The third kappa shape index (κ3) is 3.18. The average molecular weight is 568 g/mol. The van der Waals surface area contributed by atoms with Crippen LogP contribution in [0.2, 0.25) is 0 Å². The number of Topliss-reactive ketones (excluding diaryl/α,β-unsaturated/α-hetero) is 1. The molecule has 0 spiro atoms. The molecule has 2 aromatic carbocycles. The molecule has 2 heterocycles. The fraction of sp³-hybridized carbons (Fsp3) is 0.286. The van der Waals surface area contributed by atoms with Crippen molar-refractivity contribution in [2.75, 3.05) is 19.0 Å². The van der Waals surface area contributed by atoms with Gasteiger partial charge in [0.2, 0.25) is 11.6 Å². The number of carbonyl (C=O) groups is 1. The minimum absolute atomic E-state index is 0.00508. The molecule has 4 nitrogen and oxygen atoms in total. The highest BCUT2D eigenvalue weighted by molar-refractivity contribution is 6.24. The number of hydrogen-bond acceptors (Lipinski definition) is 3. The number of hydrogen-bond donors (Lipinski definition) is 0. The molecular weight excluding hydrogens is 548 g/mol. The van der Waals surface area contributed by atoms with E-state index < -0.39 is 103 Å². The Labute approximate surface area is 222 Å². The summed E-state index contributed by atoms with van der Waals surface area (Å²) in [6.45, 7) is 5.49. The van der Waals surface area contributed by atoms with Gasteiger partial charge in [-0.3, -0.25) is 4.79 Å². The first-order valence-corrected chi connectivity index (χ1v) is 11.9. The van der Waals surface area contributed by atoms with Crippen LogP contribution in [0.15, 0.2) is 34.8 Å². The molecule has 40 heavy (non-hydrogen) atoms. The molecule has 3 aliphatic rings. The Morgan fingerprint density at radius 2 is 1.23 bits per heavy atom. The molecule has 1 aliphatic carbocycles.